The summed E-state index contributed by atoms with van der Waals surface area (Å²) < 4.78 is 0. The number of fused-ring (bicyclic) bond motifs is 1. The summed E-state index contributed by atoms with van der Waals surface area (Å²) in [7, 11) is 0. The van der Waals surface area contributed by atoms with Crippen LogP contribution in [-0.2, 0) is 9.59 Å². The van der Waals surface area contributed by atoms with Gasteiger partial charge in [-0.2, -0.15) is 0 Å². The zero-order chi connectivity index (χ0) is 16.1. The lowest BCUT2D eigenvalue weighted by molar-refractivity contribution is -0.127. The molecule has 1 unspecified atom stereocenters. The average Bonchev–Trinajstić information content (AvgIpc) is 2.61. The predicted octanol–water partition coefficient (Wildman–Crippen LogP) is 2.13. The van der Waals surface area contributed by atoms with Gasteiger partial charge in [0.05, 0.1) is 23.7 Å². The fraction of sp³-hybridized carbons (Fsp3) is 0.353. The monoisotopic (exact) mass is 384 g/mol. The Hall–Kier alpha value is -1.89. The molecular formula is C17H22Cl2N4O2. The maximum atomic E-state index is 12.1. The van der Waals surface area contributed by atoms with Crippen molar-refractivity contribution in [2.24, 2.45) is 5.92 Å². The Kier molecular flexibility index (Phi) is 8.61. The molecule has 0 spiro atoms. The highest BCUT2D eigenvalue weighted by Gasteiger charge is 2.21. The third-order valence-electron chi connectivity index (χ3n) is 4.00. The summed E-state index contributed by atoms with van der Waals surface area (Å²) in [5, 5.41) is 9.67. The van der Waals surface area contributed by atoms with Crippen molar-refractivity contribution in [2.75, 3.05) is 25.0 Å². The van der Waals surface area contributed by atoms with Gasteiger partial charge in [-0.05, 0) is 31.5 Å². The lowest BCUT2D eigenvalue weighted by Gasteiger charge is -2.21. The molecule has 25 heavy (non-hydrogen) atoms. The van der Waals surface area contributed by atoms with Gasteiger partial charge in [-0.15, -0.1) is 24.8 Å². The molecule has 2 aromatic rings. The van der Waals surface area contributed by atoms with Crippen molar-refractivity contribution < 1.29 is 9.59 Å². The van der Waals surface area contributed by atoms with Gasteiger partial charge in [0, 0.05) is 18.1 Å². The number of aromatic nitrogens is 1. The van der Waals surface area contributed by atoms with Crippen LogP contribution >= 0.6 is 24.8 Å². The van der Waals surface area contributed by atoms with E-state index in [1.54, 1.807) is 12.3 Å². The number of anilines is 1. The molecule has 1 aromatic heterocycles. The van der Waals surface area contributed by atoms with Crippen LogP contribution in [0.15, 0.2) is 36.5 Å². The molecule has 0 aliphatic carbocycles. The van der Waals surface area contributed by atoms with E-state index < -0.39 is 0 Å². The molecule has 2 heterocycles. The number of benzene rings is 1. The third-order valence-corrected chi connectivity index (χ3v) is 4.00. The molecule has 1 aromatic carbocycles. The molecule has 1 aliphatic heterocycles. The fourth-order valence-corrected chi connectivity index (χ4v) is 2.79. The van der Waals surface area contributed by atoms with Crippen LogP contribution in [0.25, 0.3) is 10.9 Å². The highest BCUT2D eigenvalue weighted by Crippen LogP contribution is 2.20. The maximum absolute atomic E-state index is 12.1. The largest absolute Gasteiger partial charge is 0.347 e. The zero-order valence-electron chi connectivity index (χ0n) is 13.7. The van der Waals surface area contributed by atoms with E-state index in [0.717, 1.165) is 30.3 Å². The predicted molar refractivity (Wildman–Crippen MR) is 103 cm³/mol. The molecule has 136 valence electrons. The fourth-order valence-electron chi connectivity index (χ4n) is 2.79. The molecule has 0 radical (unpaired) electrons. The molecule has 8 heteroatoms. The number of carbonyl (C=O) groups is 2. The summed E-state index contributed by atoms with van der Waals surface area (Å²) >= 11 is 0. The van der Waals surface area contributed by atoms with Gasteiger partial charge in [-0.25, -0.2) is 0 Å². The van der Waals surface area contributed by atoms with Crippen LogP contribution in [0.1, 0.15) is 12.8 Å². The maximum Gasteiger partial charge on any atom is 0.243 e. The number of nitrogens with zero attached hydrogens (tertiary/aromatic N) is 1. The molecule has 0 bridgehead atoms. The SMILES string of the molecule is Cl.Cl.O=C(CNC(=O)C1CCCNC1)Nc1cccc2cccnc12. The molecule has 6 nitrogen and oxygen atoms in total. The number of halogens is 2. The quantitative estimate of drug-likeness (QED) is 0.753. The Bertz CT molecular complexity index is 715. The molecule has 0 saturated carbocycles. The first kappa shape index (κ1) is 21.2. The second-order valence-electron chi connectivity index (χ2n) is 5.69. The molecule has 1 fully saturated rings. The van der Waals surface area contributed by atoms with Crippen LogP contribution in [-0.4, -0.2) is 36.4 Å². The Morgan fingerprint density at radius 2 is 2.00 bits per heavy atom. The lowest BCUT2D eigenvalue weighted by atomic mass is 9.99. The smallest absolute Gasteiger partial charge is 0.243 e. The normalized spacial score (nSPS) is 16.2. The molecule has 1 aliphatic rings. The summed E-state index contributed by atoms with van der Waals surface area (Å²) in [5.41, 5.74) is 1.40. The number of piperidine rings is 1. The summed E-state index contributed by atoms with van der Waals surface area (Å²) in [4.78, 5) is 28.4. The summed E-state index contributed by atoms with van der Waals surface area (Å²) in [6, 6.07) is 9.41. The van der Waals surface area contributed by atoms with Crippen LogP contribution in [0, 0.1) is 5.92 Å². The van der Waals surface area contributed by atoms with E-state index >= 15 is 0 Å². The highest BCUT2D eigenvalue weighted by molar-refractivity contribution is 6.01. The second-order valence-corrected chi connectivity index (χ2v) is 5.69. The van der Waals surface area contributed by atoms with Gasteiger partial charge in [0.2, 0.25) is 11.8 Å². The Labute approximate surface area is 159 Å². The zero-order valence-corrected chi connectivity index (χ0v) is 15.3. The molecule has 2 amide bonds. The highest BCUT2D eigenvalue weighted by atomic mass is 35.5. The molecule has 3 rings (SSSR count). The molecule has 1 atom stereocenters. The minimum Gasteiger partial charge on any atom is -0.347 e. The first-order valence-corrected chi connectivity index (χ1v) is 7.86. The molecule has 3 N–H and O–H groups in total. The van der Waals surface area contributed by atoms with Gasteiger partial charge in [0.25, 0.3) is 0 Å². The Balaban J connectivity index is 0.00000156. The minimum atomic E-state index is -0.250. The molecule has 1 saturated heterocycles. The van der Waals surface area contributed by atoms with E-state index in [4.69, 9.17) is 0 Å². The molecular weight excluding hydrogens is 363 g/mol. The topological polar surface area (TPSA) is 83.1 Å². The number of hydrogen-bond donors (Lipinski definition) is 3. The van der Waals surface area contributed by atoms with Crippen LogP contribution in [0.3, 0.4) is 0 Å². The van der Waals surface area contributed by atoms with Crippen molar-refractivity contribution in [3.63, 3.8) is 0 Å². The van der Waals surface area contributed by atoms with Crippen LogP contribution in [0.5, 0.6) is 0 Å². The van der Waals surface area contributed by atoms with E-state index in [0.29, 0.717) is 12.2 Å². The van der Waals surface area contributed by atoms with Crippen molar-refractivity contribution in [3.05, 3.63) is 36.5 Å². The third kappa shape index (κ3) is 5.56. The lowest BCUT2D eigenvalue weighted by Crippen LogP contribution is -2.42. The van der Waals surface area contributed by atoms with E-state index in [9.17, 15) is 9.59 Å². The average molecular weight is 385 g/mol. The summed E-state index contributed by atoms with van der Waals surface area (Å²) in [6.45, 7) is 1.61. The van der Waals surface area contributed by atoms with Gasteiger partial charge in [0.1, 0.15) is 0 Å². The van der Waals surface area contributed by atoms with Gasteiger partial charge in [0.15, 0.2) is 0 Å². The first-order valence-electron chi connectivity index (χ1n) is 7.86. The van der Waals surface area contributed by atoms with Gasteiger partial charge < -0.3 is 16.0 Å². The van der Waals surface area contributed by atoms with Gasteiger partial charge >= 0.3 is 0 Å². The van der Waals surface area contributed by atoms with E-state index in [-0.39, 0.29) is 49.1 Å². The van der Waals surface area contributed by atoms with Crippen molar-refractivity contribution in [2.45, 2.75) is 12.8 Å². The number of hydrogen-bond acceptors (Lipinski definition) is 4. The van der Waals surface area contributed by atoms with E-state index in [1.165, 1.54) is 0 Å². The van der Waals surface area contributed by atoms with Crippen LogP contribution in [0.2, 0.25) is 0 Å². The van der Waals surface area contributed by atoms with Crippen LogP contribution in [0.4, 0.5) is 5.69 Å². The number of amides is 2. The van der Waals surface area contributed by atoms with Crippen molar-refractivity contribution >= 4 is 53.2 Å². The summed E-state index contributed by atoms with van der Waals surface area (Å²) in [5.74, 6) is -0.362. The van der Waals surface area contributed by atoms with Crippen molar-refractivity contribution in [1.29, 1.82) is 0 Å². The number of carbonyl (C=O) groups excluding carboxylic acids is 2. The number of para-hydroxylation sites is 1. The van der Waals surface area contributed by atoms with E-state index in [2.05, 4.69) is 20.9 Å². The van der Waals surface area contributed by atoms with Crippen molar-refractivity contribution in [1.82, 2.24) is 15.6 Å². The summed E-state index contributed by atoms with van der Waals surface area (Å²) in [6.07, 6.45) is 3.55. The Morgan fingerprint density at radius 3 is 2.76 bits per heavy atom. The number of nitrogens with one attached hydrogen (secondary N) is 3. The van der Waals surface area contributed by atoms with Crippen molar-refractivity contribution in [3.8, 4) is 0 Å². The Morgan fingerprint density at radius 1 is 1.20 bits per heavy atom. The second kappa shape index (κ2) is 10.2. The van der Waals surface area contributed by atoms with Gasteiger partial charge in [-0.1, -0.05) is 18.2 Å². The standard InChI is InChI=1S/C17H20N4O2.2ClH/c22-15(11-20-17(23)13-6-2-8-18-10-13)21-14-7-1-4-12-5-3-9-19-16(12)14;;/h1,3-5,7,9,13,18H,2,6,8,10-11H2,(H,20,23)(H,21,22);2*1H. The van der Waals surface area contributed by atoms with E-state index in [1.807, 2.05) is 24.3 Å². The minimum absolute atomic E-state index is 0. The number of rotatable bonds is 4. The first-order chi connectivity index (χ1) is 11.2. The van der Waals surface area contributed by atoms with Gasteiger partial charge in [-0.3, -0.25) is 14.6 Å². The van der Waals surface area contributed by atoms with Crippen LogP contribution < -0.4 is 16.0 Å². The number of pyridine rings is 1.